The highest BCUT2D eigenvalue weighted by molar-refractivity contribution is 7.85. The van der Waals surface area contributed by atoms with Gasteiger partial charge < -0.3 is 0 Å². The highest BCUT2D eigenvalue weighted by atomic mass is 32.2. The molecule has 1 aliphatic carbocycles. The van der Waals surface area contributed by atoms with Crippen LogP contribution >= 0.6 is 0 Å². The van der Waals surface area contributed by atoms with Crippen molar-refractivity contribution < 1.29 is 4.21 Å². The Morgan fingerprint density at radius 2 is 2.00 bits per heavy atom. The molecule has 4 atom stereocenters. The molecule has 4 nitrogen and oxygen atoms in total. The van der Waals surface area contributed by atoms with E-state index in [0.29, 0.717) is 0 Å². The van der Waals surface area contributed by atoms with E-state index in [4.69, 9.17) is 0 Å². The van der Waals surface area contributed by atoms with Crippen molar-refractivity contribution in [1.82, 2.24) is 14.7 Å². The molecule has 0 amide bonds. The lowest BCUT2D eigenvalue weighted by molar-refractivity contribution is 0.128. The quantitative estimate of drug-likeness (QED) is 0.858. The molecule has 2 fully saturated rings. The SMILES string of the molecule is CC1CC(C)CC(CN2CCS(=O)CC2c2cnn(C)c2)C1. The van der Waals surface area contributed by atoms with E-state index in [2.05, 4.69) is 30.0 Å². The van der Waals surface area contributed by atoms with Crippen LogP contribution in [0.1, 0.15) is 44.7 Å². The molecule has 0 aromatic carbocycles. The molecule has 5 heteroatoms. The smallest absolute Gasteiger partial charge is 0.0537 e. The van der Waals surface area contributed by atoms with Crippen LogP contribution in [0.4, 0.5) is 0 Å². The first-order chi connectivity index (χ1) is 10.5. The van der Waals surface area contributed by atoms with Gasteiger partial charge in [0.05, 0.1) is 6.20 Å². The van der Waals surface area contributed by atoms with Gasteiger partial charge in [-0.2, -0.15) is 5.10 Å². The van der Waals surface area contributed by atoms with Crippen LogP contribution in [0.25, 0.3) is 0 Å². The van der Waals surface area contributed by atoms with E-state index in [1.165, 1.54) is 24.8 Å². The Kier molecular flexibility index (Phi) is 5.03. The number of rotatable bonds is 3. The molecule has 124 valence electrons. The first kappa shape index (κ1) is 16.2. The molecule has 4 unspecified atom stereocenters. The monoisotopic (exact) mass is 323 g/mol. The van der Waals surface area contributed by atoms with Crippen LogP contribution in [0.15, 0.2) is 12.4 Å². The van der Waals surface area contributed by atoms with Gasteiger partial charge in [-0.05, 0) is 37.0 Å². The summed E-state index contributed by atoms with van der Waals surface area (Å²) in [7, 11) is 1.28. The minimum Gasteiger partial charge on any atom is -0.294 e. The predicted octanol–water partition coefficient (Wildman–Crippen LogP) is 2.60. The zero-order valence-corrected chi connectivity index (χ0v) is 14.9. The fraction of sp³-hybridized carbons (Fsp3) is 0.824. The summed E-state index contributed by atoms with van der Waals surface area (Å²) in [5.41, 5.74) is 1.23. The molecule has 1 aromatic heterocycles. The second-order valence-corrected chi connectivity index (χ2v) is 9.17. The molecule has 0 radical (unpaired) electrons. The largest absolute Gasteiger partial charge is 0.294 e. The van der Waals surface area contributed by atoms with Crippen molar-refractivity contribution in [1.29, 1.82) is 0 Å². The van der Waals surface area contributed by atoms with Gasteiger partial charge in [0.15, 0.2) is 0 Å². The highest BCUT2D eigenvalue weighted by Crippen LogP contribution is 2.35. The molecule has 0 spiro atoms. The maximum absolute atomic E-state index is 12.1. The van der Waals surface area contributed by atoms with Gasteiger partial charge in [-0.15, -0.1) is 0 Å². The summed E-state index contributed by atoms with van der Waals surface area (Å²) < 4.78 is 13.9. The zero-order chi connectivity index (χ0) is 15.7. The van der Waals surface area contributed by atoms with E-state index in [1.807, 2.05) is 17.9 Å². The predicted molar refractivity (Wildman–Crippen MR) is 91.1 cm³/mol. The van der Waals surface area contributed by atoms with Gasteiger partial charge in [0.2, 0.25) is 0 Å². The molecule has 0 bridgehead atoms. The number of aromatic nitrogens is 2. The second-order valence-electron chi connectivity index (χ2n) is 7.55. The molecule has 22 heavy (non-hydrogen) atoms. The van der Waals surface area contributed by atoms with Crippen molar-refractivity contribution in [2.75, 3.05) is 24.6 Å². The topological polar surface area (TPSA) is 38.1 Å². The van der Waals surface area contributed by atoms with Gasteiger partial charge >= 0.3 is 0 Å². The van der Waals surface area contributed by atoms with E-state index in [-0.39, 0.29) is 6.04 Å². The van der Waals surface area contributed by atoms with E-state index in [9.17, 15) is 4.21 Å². The molecule has 1 aromatic rings. The first-order valence-corrected chi connectivity index (χ1v) is 10.1. The number of hydrogen-bond donors (Lipinski definition) is 0. The van der Waals surface area contributed by atoms with Crippen LogP contribution in [-0.2, 0) is 17.8 Å². The third-order valence-corrected chi connectivity index (χ3v) is 6.59. The van der Waals surface area contributed by atoms with Crippen LogP contribution in [0.2, 0.25) is 0 Å². The summed E-state index contributed by atoms with van der Waals surface area (Å²) >= 11 is 0. The van der Waals surface area contributed by atoms with Crippen LogP contribution in [0.5, 0.6) is 0 Å². The maximum Gasteiger partial charge on any atom is 0.0537 e. The van der Waals surface area contributed by atoms with E-state index in [0.717, 1.165) is 42.3 Å². The minimum absolute atomic E-state index is 0.288. The highest BCUT2D eigenvalue weighted by Gasteiger charge is 2.32. The first-order valence-electron chi connectivity index (χ1n) is 8.58. The van der Waals surface area contributed by atoms with E-state index >= 15 is 0 Å². The zero-order valence-electron chi connectivity index (χ0n) is 14.1. The molecule has 1 aliphatic heterocycles. The fourth-order valence-corrected chi connectivity index (χ4v) is 5.83. The van der Waals surface area contributed by atoms with Gasteiger partial charge in [-0.25, -0.2) is 0 Å². The van der Waals surface area contributed by atoms with Crippen LogP contribution in [0, 0.1) is 17.8 Å². The summed E-state index contributed by atoms with van der Waals surface area (Å²) in [5, 5.41) is 4.31. The molecule has 2 heterocycles. The Balaban J connectivity index is 1.71. The van der Waals surface area contributed by atoms with Gasteiger partial charge in [-0.1, -0.05) is 13.8 Å². The Morgan fingerprint density at radius 1 is 1.27 bits per heavy atom. The van der Waals surface area contributed by atoms with Gasteiger partial charge in [-0.3, -0.25) is 13.8 Å². The van der Waals surface area contributed by atoms with Crippen molar-refractivity contribution in [2.45, 2.75) is 39.2 Å². The molecule has 2 aliphatic rings. The van der Waals surface area contributed by atoms with Crippen LogP contribution in [0.3, 0.4) is 0 Å². The lowest BCUT2D eigenvalue weighted by Gasteiger charge is -2.40. The van der Waals surface area contributed by atoms with Crippen molar-refractivity contribution in [2.24, 2.45) is 24.8 Å². The fourth-order valence-electron chi connectivity index (χ4n) is 4.47. The Labute approximate surface area is 136 Å². The average molecular weight is 324 g/mol. The molecule has 3 rings (SSSR count). The standard InChI is InChI=1S/C17H29N3OS/c1-13-6-14(2)8-15(7-13)10-20-4-5-22(21)12-17(20)16-9-18-19(3)11-16/h9,11,13-15,17H,4-8,10,12H2,1-3H3. The summed E-state index contributed by atoms with van der Waals surface area (Å²) in [6.07, 6.45) is 8.12. The summed E-state index contributed by atoms with van der Waals surface area (Å²) in [4.78, 5) is 2.58. The van der Waals surface area contributed by atoms with Crippen molar-refractivity contribution in [3.05, 3.63) is 18.0 Å². The summed E-state index contributed by atoms with van der Waals surface area (Å²) in [6.45, 7) is 6.91. The van der Waals surface area contributed by atoms with Crippen LogP contribution < -0.4 is 0 Å². The van der Waals surface area contributed by atoms with E-state index < -0.39 is 10.8 Å². The lowest BCUT2D eigenvalue weighted by atomic mass is 9.76. The summed E-state index contributed by atoms with van der Waals surface area (Å²) in [5.74, 6) is 4.09. The third-order valence-electron chi connectivity index (χ3n) is 5.27. The van der Waals surface area contributed by atoms with Gasteiger partial charge in [0.1, 0.15) is 0 Å². The van der Waals surface area contributed by atoms with Gasteiger partial charge in [0.25, 0.3) is 0 Å². The second kappa shape index (κ2) is 6.83. The van der Waals surface area contributed by atoms with Crippen LogP contribution in [-0.4, -0.2) is 43.5 Å². The Hall–Kier alpha value is -0.680. The number of hydrogen-bond acceptors (Lipinski definition) is 3. The average Bonchev–Trinajstić information content (AvgIpc) is 2.86. The van der Waals surface area contributed by atoms with E-state index in [1.54, 1.807) is 0 Å². The Bertz CT molecular complexity index is 520. The third kappa shape index (κ3) is 3.80. The molecule has 1 saturated carbocycles. The maximum atomic E-state index is 12.1. The minimum atomic E-state index is -0.681. The molecule has 0 N–H and O–H groups in total. The van der Waals surface area contributed by atoms with Gasteiger partial charge in [0, 0.05) is 60.2 Å². The molecule has 1 saturated heterocycles. The Morgan fingerprint density at radius 3 is 2.64 bits per heavy atom. The van der Waals surface area contributed by atoms with Crippen molar-refractivity contribution >= 4 is 10.8 Å². The normalized spacial score (nSPS) is 37.3. The molecular formula is C17H29N3OS. The lowest BCUT2D eigenvalue weighted by Crippen LogP contribution is -2.44. The number of aryl methyl sites for hydroxylation is 1. The summed E-state index contributed by atoms with van der Waals surface area (Å²) in [6, 6.07) is 0.288. The van der Waals surface area contributed by atoms with Crippen molar-refractivity contribution in [3.63, 3.8) is 0 Å². The number of nitrogens with zero attached hydrogens (tertiary/aromatic N) is 3. The van der Waals surface area contributed by atoms with Crippen molar-refractivity contribution in [3.8, 4) is 0 Å². The molecular weight excluding hydrogens is 294 g/mol.